The Bertz CT molecular complexity index is 164. The number of nitrogens with one attached hydrogen (secondary N) is 1. The molecule has 1 fully saturated rings. The van der Waals surface area contributed by atoms with E-state index in [9.17, 15) is 4.79 Å². The fourth-order valence-corrected chi connectivity index (χ4v) is 1.57. The largest absolute Gasteiger partial charge is 0.367 e. The molecule has 1 amide bonds. The summed E-state index contributed by atoms with van der Waals surface area (Å²) in [5, 5.41) is 3.16. The van der Waals surface area contributed by atoms with E-state index in [4.69, 9.17) is 10.5 Å². The zero-order chi connectivity index (χ0) is 9.03. The minimum absolute atomic E-state index is 0. The number of amides is 1. The van der Waals surface area contributed by atoms with Crippen LogP contribution in [0, 0.1) is 0 Å². The van der Waals surface area contributed by atoms with E-state index in [0.29, 0.717) is 19.4 Å². The predicted octanol–water partition coefficient (Wildman–Crippen LogP) is 0.0522. The second kappa shape index (κ2) is 5.42. The molecule has 1 saturated heterocycles. The van der Waals surface area contributed by atoms with Crippen LogP contribution < -0.4 is 11.1 Å². The van der Waals surface area contributed by atoms with Crippen LogP contribution in [-0.4, -0.2) is 31.2 Å². The molecule has 1 heterocycles. The number of primary amides is 1. The van der Waals surface area contributed by atoms with Crippen LogP contribution in [0.2, 0.25) is 0 Å². The summed E-state index contributed by atoms with van der Waals surface area (Å²) < 4.78 is 5.42. The zero-order valence-electron chi connectivity index (χ0n) is 7.84. The second-order valence-corrected chi connectivity index (χ2v) is 3.04. The molecule has 0 saturated carbocycles. The third-order valence-corrected chi connectivity index (χ3v) is 2.28. The van der Waals surface area contributed by atoms with Gasteiger partial charge in [-0.2, -0.15) is 0 Å². The summed E-state index contributed by atoms with van der Waals surface area (Å²) in [5.74, 6) is -0.328. The monoisotopic (exact) mass is 208 g/mol. The highest BCUT2D eigenvalue weighted by molar-refractivity contribution is 5.85. The van der Waals surface area contributed by atoms with Gasteiger partial charge in [0, 0.05) is 6.61 Å². The standard InChI is InChI=1S/C8H16N2O2.ClH/c1-2-12-8(7(9)11)3-5-10-6-4-8;/h10H,2-6H2,1H3,(H2,9,11);1H. The number of hydrogen-bond acceptors (Lipinski definition) is 3. The number of ether oxygens (including phenoxy) is 1. The molecule has 0 aromatic heterocycles. The lowest BCUT2D eigenvalue weighted by Gasteiger charge is -2.34. The molecule has 0 aromatic carbocycles. The highest BCUT2D eigenvalue weighted by Gasteiger charge is 2.38. The van der Waals surface area contributed by atoms with Crippen molar-refractivity contribution in [1.82, 2.24) is 5.32 Å². The Hall–Kier alpha value is -0.320. The maximum Gasteiger partial charge on any atom is 0.249 e. The molecule has 5 heteroatoms. The number of rotatable bonds is 3. The molecule has 1 aliphatic rings. The van der Waals surface area contributed by atoms with Crippen molar-refractivity contribution in [3.05, 3.63) is 0 Å². The summed E-state index contributed by atoms with van der Waals surface area (Å²) in [6, 6.07) is 0. The lowest BCUT2D eigenvalue weighted by molar-refractivity contribution is -0.146. The Morgan fingerprint density at radius 3 is 2.46 bits per heavy atom. The van der Waals surface area contributed by atoms with Gasteiger partial charge in [0.05, 0.1) is 0 Å². The molecule has 0 radical (unpaired) electrons. The first-order valence-electron chi connectivity index (χ1n) is 4.36. The fourth-order valence-electron chi connectivity index (χ4n) is 1.57. The number of carbonyl (C=O) groups is 1. The fraction of sp³-hybridized carbons (Fsp3) is 0.875. The van der Waals surface area contributed by atoms with Gasteiger partial charge < -0.3 is 15.8 Å². The van der Waals surface area contributed by atoms with E-state index in [1.165, 1.54) is 0 Å². The van der Waals surface area contributed by atoms with Crippen molar-refractivity contribution in [3.8, 4) is 0 Å². The van der Waals surface area contributed by atoms with E-state index in [2.05, 4.69) is 5.32 Å². The van der Waals surface area contributed by atoms with Gasteiger partial charge in [-0.25, -0.2) is 0 Å². The number of halogens is 1. The van der Waals surface area contributed by atoms with Gasteiger partial charge in [0.2, 0.25) is 5.91 Å². The minimum atomic E-state index is -0.694. The molecule has 4 nitrogen and oxygen atoms in total. The predicted molar refractivity (Wildman–Crippen MR) is 52.9 cm³/mol. The zero-order valence-corrected chi connectivity index (χ0v) is 8.65. The van der Waals surface area contributed by atoms with E-state index in [-0.39, 0.29) is 18.3 Å². The summed E-state index contributed by atoms with van der Waals surface area (Å²) in [5.41, 5.74) is 4.60. The maximum atomic E-state index is 11.1. The van der Waals surface area contributed by atoms with Crippen molar-refractivity contribution in [2.45, 2.75) is 25.4 Å². The molecular weight excluding hydrogens is 192 g/mol. The molecule has 13 heavy (non-hydrogen) atoms. The van der Waals surface area contributed by atoms with Crippen LogP contribution in [0.1, 0.15) is 19.8 Å². The maximum absolute atomic E-state index is 11.1. The highest BCUT2D eigenvalue weighted by Crippen LogP contribution is 2.22. The summed E-state index contributed by atoms with van der Waals surface area (Å²) in [4.78, 5) is 11.1. The molecule has 0 spiro atoms. The van der Waals surface area contributed by atoms with Crippen LogP contribution in [0.15, 0.2) is 0 Å². The van der Waals surface area contributed by atoms with Gasteiger partial charge in [-0.05, 0) is 32.9 Å². The summed E-state index contributed by atoms with van der Waals surface area (Å²) in [6.45, 7) is 4.04. The van der Waals surface area contributed by atoms with Gasteiger partial charge in [0.15, 0.2) is 0 Å². The number of hydrogen-bond donors (Lipinski definition) is 2. The lowest BCUT2D eigenvalue weighted by Crippen LogP contribution is -2.53. The van der Waals surface area contributed by atoms with Crippen LogP contribution in [0.25, 0.3) is 0 Å². The van der Waals surface area contributed by atoms with Crippen molar-refractivity contribution >= 4 is 18.3 Å². The SMILES string of the molecule is CCOC1(C(N)=O)CCNCC1.Cl. The third-order valence-electron chi connectivity index (χ3n) is 2.28. The quantitative estimate of drug-likeness (QED) is 0.689. The summed E-state index contributed by atoms with van der Waals surface area (Å²) >= 11 is 0. The average Bonchev–Trinajstić information content (AvgIpc) is 2.06. The molecule has 1 rings (SSSR count). The molecule has 0 aromatic rings. The van der Waals surface area contributed by atoms with Crippen LogP contribution in [0.3, 0.4) is 0 Å². The van der Waals surface area contributed by atoms with Crippen LogP contribution in [0.4, 0.5) is 0 Å². The Balaban J connectivity index is 0.00000144. The first-order valence-corrected chi connectivity index (χ1v) is 4.36. The molecule has 0 bridgehead atoms. The highest BCUT2D eigenvalue weighted by atomic mass is 35.5. The minimum Gasteiger partial charge on any atom is -0.367 e. The number of nitrogens with two attached hydrogens (primary N) is 1. The van der Waals surface area contributed by atoms with Crippen LogP contribution in [-0.2, 0) is 9.53 Å². The van der Waals surface area contributed by atoms with Gasteiger partial charge in [0.1, 0.15) is 5.60 Å². The smallest absolute Gasteiger partial charge is 0.249 e. The first kappa shape index (κ1) is 12.7. The summed E-state index contributed by atoms with van der Waals surface area (Å²) in [7, 11) is 0. The molecule has 0 atom stereocenters. The molecule has 0 aliphatic carbocycles. The third kappa shape index (κ3) is 2.83. The molecular formula is C8H17ClN2O2. The van der Waals surface area contributed by atoms with E-state index in [1.54, 1.807) is 0 Å². The van der Waals surface area contributed by atoms with Crippen LogP contribution in [0.5, 0.6) is 0 Å². The number of piperidine rings is 1. The van der Waals surface area contributed by atoms with Crippen LogP contribution >= 0.6 is 12.4 Å². The molecule has 0 unspecified atom stereocenters. The molecule has 3 N–H and O–H groups in total. The Morgan fingerprint density at radius 1 is 1.54 bits per heavy atom. The second-order valence-electron chi connectivity index (χ2n) is 3.04. The molecule has 1 aliphatic heterocycles. The van der Waals surface area contributed by atoms with Crippen molar-refractivity contribution < 1.29 is 9.53 Å². The Kier molecular flexibility index (Phi) is 5.29. The first-order chi connectivity index (χ1) is 5.71. The van der Waals surface area contributed by atoms with Gasteiger partial charge >= 0.3 is 0 Å². The normalized spacial score (nSPS) is 20.4. The molecule has 78 valence electrons. The van der Waals surface area contributed by atoms with E-state index >= 15 is 0 Å². The topological polar surface area (TPSA) is 64.3 Å². The Labute approximate surface area is 84.6 Å². The summed E-state index contributed by atoms with van der Waals surface area (Å²) in [6.07, 6.45) is 1.38. The Morgan fingerprint density at radius 2 is 2.08 bits per heavy atom. The van der Waals surface area contributed by atoms with Gasteiger partial charge in [-0.15, -0.1) is 12.4 Å². The van der Waals surface area contributed by atoms with E-state index in [0.717, 1.165) is 13.1 Å². The van der Waals surface area contributed by atoms with Gasteiger partial charge in [-0.1, -0.05) is 0 Å². The van der Waals surface area contributed by atoms with Crippen molar-refractivity contribution in [1.29, 1.82) is 0 Å². The van der Waals surface area contributed by atoms with Gasteiger partial charge in [0.25, 0.3) is 0 Å². The lowest BCUT2D eigenvalue weighted by atomic mass is 9.91. The van der Waals surface area contributed by atoms with Gasteiger partial charge in [-0.3, -0.25) is 4.79 Å². The van der Waals surface area contributed by atoms with Crippen molar-refractivity contribution in [2.24, 2.45) is 5.73 Å². The average molecular weight is 209 g/mol. The van der Waals surface area contributed by atoms with Crippen molar-refractivity contribution in [2.75, 3.05) is 19.7 Å². The van der Waals surface area contributed by atoms with Crippen molar-refractivity contribution in [3.63, 3.8) is 0 Å². The van der Waals surface area contributed by atoms with E-state index in [1.807, 2.05) is 6.92 Å². The van der Waals surface area contributed by atoms with E-state index < -0.39 is 5.60 Å². The number of carbonyl (C=O) groups excluding carboxylic acids is 1.